The largest absolute Gasteiger partial charge is 0.507 e. The van der Waals surface area contributed by atoms with Crippen molar-refractivity contribution < 1.29 is 43.8 Å². The standard InChI is InChI=1S/C26H20O10/c1-33-20-6-12(7-21(34-2)25(20)32)13-8-22(31)35-19-10-17(30)24-16(29)9-18(36-26(24)23(13)19)11-3-4-14(27)15(28)5-11/h3-7,9-10,13,27-28,30,32H,8H2,1-2H3/t13-/m0/s1. The molecule has 0 bridgehead atoms. The predicted octanol–water partition coefficient (Wildman–Crippen LogP) is 3.74. The van der Waals surface area contributed by atoms with Crippen LogP contribution in [0.5, 0.6) is 40.2 Å². The Labute approximate surface area is 203 Å². The lowest BCUT2D eigenvalue weighted by atomic mass is 9.84. The fourth-order valence-electron chi connectivity index (χ4n) is 4.38. The number of esters is 1. The number of carbonyl (C=O) groups excluding carboxylic acids is 1. The van der Waals surface area contributed by atoms with Gasteiger partial charge in [-0.1, -0.05) is 0 Å². The van der Waals surface area contributed by atoms with Gasteiger partial charge in [0.05, 0.1) is 20.6 Å². The number of hydrogen-bond donors (Lipinski definition) is 4. The first-order valence-electron chi connectivity index (χ1n) is 10.7. The quantitative estimate of drug-likeness (QED) is 0.188. The zero-order chi connectivity index (χ0) is 25.7. The third-order valence-electron chi connectivity index (χ3n) is 6.09. The van der Waals surface area contributed by atoms with E-state index < -0.39 is 28.8 Å². The van der Waals surface area contributed by atoms with Crippen molar-refractivity contribution in [2.75, 3.05) is 14.2 Å². The smallest absolute Gasteiger partial charge is 0.312 e. The number of rotatable bonds is 4. The van der Waals surface area contributed by atoms with Gasteiger partial charge in [-0.05, 0) is 35.9 Å². The molecule has 0 spiro atoms. The second-order valence-electron chi connectivity index (χ2n) is 8.19. The van der Waals surface area contributed by atoms with E-state index in [1.54, 1.807) is 0 Å². The highest BCUT2D eigenvalue weighted by Crippen LogP contribution is 2.48. The first-order valence-corrected chi connectivity index (χ1v) is 10.7. The van der Waals surface area contributed by atoms with Crippen molar-refractivity contribution in [3.05, 3.63) is 63.8 Å². The molecule has 5 rings (SSSR count). The van der Waals surface area contributed by atoms with E-state index in [0.29, 0.717) is 16.7 Å². The van der Waals surface area contributed by atoms with Gasteiger partial charge in [0.2, 0.25) is 5.75 Å². The van der Waals surface area contributed by atoms with Crippen LogP contribution < -0.4 is 19.6 Å². The molecular weight excluding hydrogens is 472 g/mol. The van der Waals surface area contributed by atoms with Crippen LogP contribution in [0.25, 0.3) is 22.3 Å². The summed E-state index contributed by atoms with van der Waals surface area (Å²) in [7, 11) is 2.74. The van der Waals surface area contributed by atoms with Crippen molar-refractivity contribution in [3.63, 3.8) is 0 Å². The number of phenols is 4. The van der Waals surface area contributed by atoms with E-state index in [0.717, 1.165) is 6.07 Å². The van der Waals surface area contributed by atoms with Gasteiger partial charge in [-0.3, -0.25) is 9.59 Å². The van der Waals surface area contributed by atoms with Crippen LogP contribution in [0.2, 0.25) is 0 Å². The first kappa shape index (κ1) is 22.9. The summed E-state index contributed by atoms with van der Waals surface area (Å²) in [5.41, 5.74) is 0.513. The molecule has 3 aromatic carbocycles. The Kier molecular flexibility index (Phi) is 5.36. The van der Waals surface area contributed by atoms with Gasteiger partial charge >= 0.3 is 5.97 Å². The van der Waals surface area contributed by atoms with E-state index in [1.807, 2.05) is 0 Å². The summed E-state index contributed by atoms with van der Waals surface area (Å²) in [5, 5.41) is 40.4. The van der Waals surface area contributed by atoms with Crippen molar-refractivity contribution in [2.24, 2.45) is 0 Å². The maximum Gasteiger partial charge on any atom is 0.312 e. The van der Waals surface area contributed by atoms with Crippen molar-refractivity contribution in [1.29, 1.82) is 0 Å². The third kappa shape index (κ3) is 3.59. The normalized spacial score (nSPS) is 14.8. The summed E-state index contributed by atoms with van der Waals surface area (Å²) in [4.78, 5) is 25.6. The molecule has 10 nitrogen and oxygen atoms in total. The second-order valence-corrected chi connectivity index (χ2v) is 8.19. The molecule has 1 aliphatic heterocycles. The maximum absolute atomic E-state index is 13.1. The molecule has 2 heterocycles. The zero-order valence-corrected chi connectivity index (χ0v) is 19.1. The summed E-state index contributed by atoms with van der Waals surface area (Å²) in [5.74, 6) is -2.47. The Morgan fingerprint density at radius 2 is 1.56 bits per heavy atom. The minimum absolute atomic E-state index is 0.00103. The fourth-order valence-corrected chi connectivity index (χ4v) is 4.38. The average Bonchev–Trinajstić information content (AvgIpc) is 2.84. The van der Waals surface area contributed by atoms with Crippen LogP contribution in [-0.4, -0.2) is 40.6 Å². The van der Waals surface area contributed by atoms with Gasteiger partial charge in [-0.2, -0.15) is 0 Å². The van der Waals surface area contributed by atoms with Gasteiger partial charge in [0, 0.05) is 29.2 Å². The SMILES string of the molecule is COc1cc([C@@H]2CC(=O)Oc3cc(O)c4c(=O)cc(-c5ccc(O)c(O)c5)oc4c32)cc(OC)c1O. The molecule has 0 radical (unpaired) electrons. The number of phenolic OH excluding ortho intramolecular Hbond substituents is 4. The molecular formula is C26H20O10. The fraction of sp³-hybridized carbons (Fsp3) is 0.154. The Balaban J connectivity index is 1.82. The van der Waals surface area contributed by atoms with Gasteiger partial charge in [0.1, 0.15) is 28.2 Å². The average molecular weight is 492 g/mol. The summed E-state index contributed by atoms with van der Waals surface area (Å²) in [6, 6.07) is 9.30. The van der Waals surface area contributed by atoms with E-state index in [2.05, 4.69) is 0 Å². The lowest BCUT2D eigenvalue weighted by Crippen LogP contribution is -2.22. The number of hydrogen-bond acceptors (Lipinski definition) is 10. The molecule has 0 saturated heterocycles. The highest BCUT2D eigenvalue weighted by Gasteiger charge is 2.34. The zero-order valence-electron chi connectivity index (χ0n) is 19.1. The Morgan fingerprint density at radius 1 is 0.861 bits per heavy atom. The van der Waals surface area contributed by atoms with Gasteiger partial charge in [-0.25, -0.2) is 0 Å². The van der Waals surface area contributed by atoms with Crippen LogP contribution in [0, 0.1) is 0 Å². The molecule has 0 aliphatic carbocycles. The van der Waals surface area contributed by atoms with E-state index in [9.17, 15) is 30.0 Å². The topological polar surface area (TPSA) is 156 Å². The minimum Gasteiger partial charge on any atom is -0.507 e. The predicted molar refractivity (Wildman–Crippen MR) is 126 cm³/mol. The molecule has 0 amide bonds. The molecule has 1 atom stereocenters. The summed E-state index contributed by atoms with van der Waals surface area (Å²) >= 11 is 0. The number of benzene rings is 3. The molecule has 0 saturated carbocycles. The molecule has 4 N–H and O–H groups in total. The van der Waals surface area contributed by atoms with Gasteiger partial charge in [0.25, 0.3) is 0 Å². The summed E-state index contributed by atoms with van der Waals surface area (Å²) in [6.07, 6.45) is -0.141. The van der Waals surface area contributed by atoms with Crippen LogP contribution in [0.1, 0.15) is 23.5 Å². The third-order valence-corrected chi connectivity index (χ3v) is 6.09. The van der Waals surface area contributed by atoms with E-state index >= 15 is 0 Å². The second kappa shape index (κ2) is 8.42. The molecule has 36 heavy (non-hydrogen) atoms. The molecule has 1 aliphatic rings. The maximum atomic E-state index is 13.1. The molecule has 1 aromatic heterocycles. The number of methoxy groups -OCH3 is 2. The number of ether oxygens (including phenoxy) is 3. The minimum atomic E-state index is -0.723. The highest BCUT2D eigenvalue weighted by atomic mass is 16.5. The monoisotopic (exact) mass is 492 g/mol. The van der Waals surface area contributed by atoms with Gasteiger partial charge in [-0.15, -0.1) is 0 Å². The van der Waals surface area contributed by atoms with Gasteiger partial charge < -0.3 is 39.1 Å². The van der Waals surface area contributed by atoms with Crippen LogP contribution in [0.4, 0.5) is 0 Å². The molecule has 10 heteroatoms. The van der Waals surface area contributed by atoms with Crippen LogP contribution in [0.15, 0.2) is 51.7 Å². The number of carbonyl (C=O) groups is 1. The van der Waals surface area contributed by atoms with E-state index in [4.69, 9.17) is 18.6 Å². The molecule has 0 unspecified atom stereocenters. The first-order chi connectivity index (χ1) is 17.2. The Bertz CT molecular complexity index is 1580. The molecule has 184 valence electrons. The van der Waals surface area contributed by atoms with E-state index in [1.165, 1.54) is 50.6 Å². The number of aromatic hydroxyl groups is 4. The van der Waals surface area contributed by atoms with Crippen LogP contribution >= 0.6 is 0 Å². The van der Waals surface area contributed by atoms with Crippen molar-refractivity contribution >= 4 is 16.9 Å². The molecule has 4 aromatic rings. The van der Waals surface area contributed by atoms with Crippen molar-refractivity contribution in [2.45, 2.75) is 12.3 Å². The number of fused-ring (bicyclic) bond motifs is 3. The highest BCUT2D eigenvalue weighted by molar-refractivity contribution is 5.93. The van der Waals surface area contributed by atoms with Gasteiger partial charge in [0.15, 0.2) is 28.4 Å². The van der Waals surface area contributed by atoms with Crippen LogP contribution in [0.3, 0.4) is 0 Å². The van der Waals surface area contributed by atoms with Crippen LogP contribution in [-0.2, 0) is 4.79 Å². The summed E-state index contributed by atoms with van der Waals surface area (Å²) < 4.78 is 22.0. The lowest BCUT2D eigenvalue weighted by molar-refractivity contribution is -0.135. The Hall–Kier alpha value is -4.86. The van der Waals surface area contributed by atoms with E-state index in [-0.39, 0.29) is 51.9 Å². The lowest BCUT2D eigenvalue weighted by Gasteiger charge is -2.26. The van der Waals surface area contributed by atoms with Crippen molar-refractivity contribution in [1.82, 2.24) is 0 Å². The molecule has 0 fully saturated rings. The van der Waals surface area contributed by atoms with Crippen molar-refractivity contribution in [3.8, 4) is 51.6 Å². The Morgan fingerprint density at radius 3 is 2.19 bits per heavy atom. The summed E-state index contributed by atoms with van der Waals surface area (Å²) in [6.45, 7) is 0.